The molecule has 8 heteroatoms. The van der Waals surface area contributed by atoms with E-state index in [1.54, 1.807) is 4.90 Å². The van der Waals surface area contributed by atoms with Crippen LogP contribution < -0.4 is 11.5 Å². The Hall–Kier alpha value is -0.110. The lowest BCUT2D eigenvalue weighted by Crippen LogP contribution is -2.54. The van der Waals surface area contributed by atoms with Crippen LogP contribution in [0.2, 0.25) is 0 Å². The fourth-order valence-electron chi connectivity index (χ4n) is 3.80. The lowest BCUT2D eigenvalue weighted by molar-refractivity contribution is -0.136. The van der Waals surface area contributed by atoms with Gasteiger partial charge in [0.1, 0.15) is 6.04 Å². The number of carbonyl (C=O) groups is 1. The molecule has 1 aliphatic heterocycles. The number of amides is 1. The van der Waals surface area contributed by atoms with Gasteiger partial charge in [-0.2, -0.15) is 0 Å². The third kappa shape index (κ3) is 4.54. The van der Waals surface area contributed by atoms with Gasteiger partial charge in [-0.1, -0.05) is 0 Å². The van der Waals surface area contributed by atoms with Crippen LogP contribution in [0.3, 0.4) is 0 Å². The summed E-state index contributed by atoms with van der Waals surface area (Å²) in [4.78, 5) is 13.9. The number of aliphatic hydroxyl groups is 2. The summed E-state index contributed by atoms with van der Waals surface area (Å²) in [5, 5.41) is 19.4. The zero-order valence-electron chi connectivity index (χ0n) is 14.0. The van der Waals surface area contributed by atoms with Crippen LogP contribution in [0.4, 0.5) is 0 Å². The van der Waals surface area contributed by atoms with Gasteiger partial charge in [0.05, 0.1) is 23.0 Å². The highest BCUT2D eigenvalue weighted by Gasteiger charge is 2.41. The van der Waals surface area contributed by atoms with Crippen molar-refractivity contribution in [3.05, 3.63) is 0 Å². The minimum absolute atomic E-state index is 0.0607. The number of hydrogen-bond donors (Lipinski definition) is 4. The van der Waals surface area contributed by atoms with E-state index in [1.807, 2.05) is 0 Å². The molecule has 0 aromatic rings. The van der Waals surface area contributed by atoms with E-state index in [-0.39, 0.29) is 34.5 Å². The summed E-state index contributed by atoms with van der Waals surface area (Å²) < 4.78 is 0. The van der Waals surface area contributed by atoms with Crippen LogP contribution in [0.15, 0.2) is 0 Å². The third-order valence-corrected chi connectivity index (χ3v) is 6.64. The summed E-state index contributed by atoms with van der Waals surface area (Å²) in [6, 6.07) is -1.04. The van der Waals surface area contributed by atoms with Gasteiger partial charge >= 0.3 is 0 Å². The largest absolute Gasteiger partial charge is 0.393 e. The maximum Gasteiger partial charge on any atom is 0.242 e. The van der Waals surface area contributed by atoms with Crippen LogP contribution >= 0.6 is 23.2 Å². The number of likely N-dealkylation sites (tertiary alicyclic amines) is 1. The van der Waals surface area contributed by atoms with Crippen molar-refractivity contribution in [1.29, 1.82) is 0 Å². The van der Waals surface area contributed by atoms with Crippen LogP contribution in [0.5, 0.6) is 0 Å². The maximum absolute atomic E-state index is 12.2. The van der Waals surface area contributed by atoms with Gasteiger partial charge in [0.15, 0.2) is 0 Å². The lowest BCUT2D eigenvalue weighted by atomic mass is 9.74. The van der Waals surface area contributed by atoms with Gasteiger partial charge in [0.2, 0.25) is 5.91 Å². The smallest absolute Gasteiger partial charge is 0.242 e. The van der Waals surface area contributed by atoms with Gasteiger partial charge in [-0.3, -0.25) is 4.79 Å². The van der Waals surface area contributed by atoms with Gasteiger partial charge in [-0.15, -0.1) is 23.2 Å². The second-order valence-corrected chi connectivity index (χ2v) is 8.36. The molecule has 2 aliphatic rings. The fourth-order valence-corrected chi connectivity index (χ4v) is 4.40. The van der Waals surface area contributed by atoms with Gasteiger partial charge in [0, 0.05) is 25.0 Å². The van der Waals surface area contributed by atoms with Gasteiger partial charge < -0.3 is 26.6 Å². The molecule has 140 valence electrons. The van der Waals surface area contributed by atoms with Crippen molar-refractivity contribution in [1.82, 2.24) is 4.90 Å². The average molecular weight is 382 g/mol. The summed E-state index contributed by atoms with van der Waals surface area (Å²) in [6.45, 7) is 2.66. The van der Waals surface area contributed by atoms with E-state index >= 15 is 0 Å². The van der Waals surface area contributed by atoms with Crippen molar-refractivity contribution in [2.24, 2.45) is 23.3 Å². The first-order valence-electron chi connectivity index (χ1n) is 8.66. The van der Waals surface area contributed by atoms with E-state index in [9.17, 15) is 15.0 Å². The predicted molar refractivity (Wildman–Crippen MR) is 94.9 cm³/mol. The number of nitrogens with two attached hydrogens (primary N) is 2. The first kappa shape index (κ1) is 20.2. The monoisotopic (exact) mass is 381 g/mol. The molecule has 24 heavy (non-hydrogen) atoms. The molecule has 0 bridgehead atoms. The highest BCUT2D eigenvalue weighted by molar-refractivity contribution is 6.30. The maximum atomic E-state index is 12.2. The zero-order chi connectivity index (χ0) is 18.0. The molecule has 1 amide bonds. The summed E-state index contributed by atoms with van der Waals surface area (Å²) in [6.07, 6.45) is 1.22. The Balaban J connectivity index is 1.88. The predicted octanol–water partition coefficient (Wildman–Crippen LogP) is 0.246. The van der Waals surface area contributed by atoms with Crippen LogP contribution in [0.1, 0.15) is 32.6 Å². The molecule has 6 nitrogen and oxygen atoms in total. The lowest BCUT2D eigenvalue weighted by Gasteiger charge is -2.42. The number of nitrogens with zero attached hydrogens (tertiary/aromatic N) is 1. The van der Waals surface area contributed by atoms with E-state index in [1.165, 1.54) is 6.92 Å². The SMILES string of the molecule is C[C@@H](O)[C@H](N)C(=O)N1CCC([C@@H](N)C2CC(Cl)C(Cl)CC2O)CC1. The van der Waals surface area contributed by atoms with E-state index in [2.05, 4.69) is 0 Å². The van der Waals surface area contributed by atoms with Crippen molar-refractivity contribution < 1.29 is 15.0 Å². The number of alkyl halides is 2. The molecule has 7 atom stereocenters. The minimum atomic E-state index is -0.881. The molecule has 0 spiro atoms. The Morgan fingerprint density at radius 2 is 1.71 bits per heavy atom. The molecular formula is C16H29Cl2N3O3. The Morgan fingerprint density at radius 1 is 1.17 bits per heavy atom. The number of hydrogen-bond acceptors (Lipinski definition) is 5. The van der Waals surface area contributed by atoms with Gasteiger partial charge in [-0.05, 0) is 38.5 Å². The van der Waals surface area contributed by atoms with Crippen molar-refractivity contribution >= 4 is 29.1 Å². The van der Waals surface area contributed by atoms with Crippen LogP contribution in [0.25, 0.3) is 0 Å². The van der Waals surface area contributed by atoms with Crippen molar-refractivity contribution in [3.8, 4) is 0 Å². The van der Waals surface area contributed by atoms with Crippen LogP contribution in [-0.4, -0.2) is 69.2 Å². The molecule has 2 fully saturated rings. The Bertz CT molecular complexity index is 433. The van der Waals surface area contributed by atoms with Crippen molar-refractivity contribution in [2.45, 2.75) is 67.7 Å². The molecule has 2 rings (SSSR count). The van der Waals surface area contributed by atoms with E-state index in [4.69, 9.17) is 34.7 Å². The average Bonchev–Trinajstić information content (AvgIpc) is 2.56. The molecule has 0 radical (unpaired) electrons. The summed E-state index contributed by atoms with van der Waals surface area (Å²) in [7, 11) is 0. The van der Waals surface area contributed by atoms with E-state index in [0.717, 1.165) is 12.8 Å². The number of rotatable bonds is 4. The quantitative estimate of drug-likeness (QED) is 0.521. The molecule has 1 saturated carbocycles. The topological polar surface area (TPSA) is 113 Å². The minimum Gasteiger partial charge on any atom is -0.393 e. The Kier molecular flexibility index (Phi) is 7.17. The third-order valence-electron chi connectivity index (χ3n) is 5.55. The van der Waals surface area contributed by atoms with Crippen molar-refractivity contribution in [3.63, 3.8) is 0 Å². The first-order valence-corrected chi connectivity index (χ1v) is 9.53. The molecule has 1 heterocycles. The molecule has 4 unspecified atom stereocenters. The molecule has 0 aromatic carbocycles. The highest BCUT2D eigenvalue weighted by atomic mass is 35.5. The van der Waals surface area contributed by atoms with Crippen LogP contribution in [-0.2, 0) is 4.79 Å². The molecule has 0 aromatic heterocycles. The van der Waals surface area contributed by atoms with Crippen LogP contribution in [0, 0.1) is 11.8 Å². The van der Waals surface area contributed by atoms with Gasteiger partial charge in [0.25, 0.3) is 0 Å². The first-order chi connectivity index (χ1) is 11.2. The number of piperidine rings is 1. The normalized spacial score (nSPS) is 36.2. The number of carbonyl (C=O) groups excluding carboxylic acids is 1. The summed E-state index contributed by atoms with van der Waals surface area (Å²) in [5.74, 6) is -0.0535. The molecule has 1 saturated heterocycles. The van der Waals surface area contributed by atoms with E-state index in [0.29, 0.717) is 25.9 Å². The van der Waals surface area contributed by atoms with Crippen molar-refractivity contribution in [2.75, 3.05) is 13.1 Å². The fraction of sp³-hybridized carbons (Fsp3) is 0.938. The molecule has 6 N–H and O–H groups in total. The zero-order valence-corrected chi connectivity index (χ0v) is 15.5. The second-order valence-electron chi connectivity index (χ2n) is 7.24. The van der Waals surface area contributed by atoms with Gasteiger partial charge in [-0.25, -0.2) is 0 Å². The van der Waals surface area contributed by atoms with E-state index < -0.39 is 18.2 Å². The number of aliphatic hydroxyl groups excluding tert-OH is 2. The standard InChI is InChI=1S/C16H29Cl2N3O3/c1-8(22)14(19)16(24)21-4-2-9(3-5-21)15(20)10-6-11(17)12(18)7-13(10)23/h8-15,22-23H,2-7,19-20H2,1H3/t8-,10?,11?,12?,13?,14+,15-/m1/s1. The second kappa shape index (κ2) is 8.52. The molecular weight excluding hydrogens is 353 g/mol. The summed E-state index contributed by atoms with van der Waals surface area (Å²) in [5.41, 5.74) is 12.1. The Morgan fingerprint density at radius 3 is 2.25 bits per heavy atom. The highest BCUT2D eigenvalue weighted by Crippen LogP contribution is 2.36. The summed E-state index contributed by atoms with van der Waals surface area (Å²) >= 11 is 12.4. The number of halogens is 2. The molecule has 1 aliphatic carbocycles. The Labute approximate surface area is 153 Å².